The molecule has 0 radical (unpaired) electrons. The van der Waals surface area contributed by atoms with Crippen LogP contribution in [0.25, 0.3) is 11.0 Å². The van der Waals surface area contributed by atoms with Crippen LogP contribution < -0.4 is 0 Å². The van der Waals surface area contributed by atoms with Gasteiger partial charge in [0.15, 0.2) is 5.58 Å². The average molecular weight is 304 g/mol. The van der Waals surface area contributed by atoms with Crippen LogP contribution in [0.2, 0.25) is 0 Å². The van der Waals surface area contributed by atoms with Gasteiger partial charge < -0.3 is 14.5 Å². The molecule has 1 amide bonds. The van der Waals surface area contributed by atoms with Crippen molar-refractivity contribution in [3.05, 3.63) is 30.0 Å². The van der Waals surface area contributed by atoms with Crippen LogP contribution in [0.3, 0.4) is 0 Å². The van der Waals surface area contributed by atoms with E-state index in [9.17, 15) is 9.59 Å². The van der Waals surface area contributed by atoms with E-state index >= 15 is 0 Å². The van der Waals surface area contributed by atoms with Gasteiger partial charge in [0.25, 0.3) is 0 Å². The number of aliphatic carboxylic acids is 1. The maximum atomic E-state index is 12.5. The summed E-state index contributed by atoms with van der Waals surface area (Å²) in [5, 5.41) is 13.6. The molecule has 6 heteroatoms. The summed E-state index contributed by atoms with van der Waals surface area (Å²) in [5.41, 5.74) is 1.23. The molecule has 1 N–H and O–H groups in total. The molecular formula is C16H20N2O4. The highest BCUT2D eigenvalue weighted by atomic mass is 16.5. The number of para-hydroxylation sites is 1. The number of nitrogens with zero attached hydrogens (tertiary/aromatic N) is 2. The van der Waals surface area contributed by atoms with E-state index in [2.05, 4.69) is 5.16 Å². The van der Waals surface area contributed by atoms with E-state index in [4.69, 9.17) is 9.63 Å². The van der Waals surface area contributed by atoms with Crippen molar-refractivity contribution in [2.24, 2.45) is 5.92 Å². The van der Waals surface area contributed by atoms with Gasteiger partial charge in [-0.15, -0.1) is 0 Å². The molecule has 118 valence electrons. The third-order valence-electron chi connectivity index (χ3n) is 3.30. The second kappa shape index (κ2) is 7.06. The molecule has 0 aliphatic heterocycles. The van der Waals surface area contributed by atoms with Crippen molar-refractivity contribution in [2.45, 2.75) is 26.7 Å². The van der Waals surface area contributed by atoms with Crippen LogP contribution in [0.4, 0.5) is 0 Å². The molecule has 1 heterocycles. The summed E-state index contributed by atoms with van der Waals surface area (Å²) in [6.07, 6.45) is 0.0569. The summed E-state index contributed by atoms with van der Waals surface area (Å²) in [7, 11) is 0. The molecule has 0 unspecified atom stereocenters. The molecule has 2 rings (SSSR count). The largest absolute Gasteiger partial charge is 0.481 e. The lowest BCUT2D eigenvalue weighted by molar-refractivity contribution is -0.138. The van der Waals surface area contributed by atoms with Gasteiger partial charge in [-0.2, -0.15) is 0 Å². The Morgan fingerprint density at radius 1 is 1.32 bits per heavy atom. The highest BCUT2D eigenvalue weighted by Gasteiger charge is 2.19. The van der Waals surface area contributed by atoms with E-state index in [-0.39, 0.29) is 31.2 Å². The number of amides is 1. The summed E-state index contributed by atoms with van der Waals surface area (Å²) in [4.78, 5) is 24.8. The van der Waals surface area contributed by atoms with E-state index in [1.165, 1.54) is 0 Å². The highest BCUT2D eigenvalue weighted by molar-refractivity contribution is 5.86. The number of aromatic nitrogens is 1. The first-order valence-electron chi connectivity index (χ1n) is 7.30. The Balaban J connectivity index is 2.10. The van der Waals surface area contributed by atoms with Crippen LogP contribution in [-0.4, -0.2) is 40.1 Å². The van der Waals surface area contributed by atoms with Crippen molar-refractivity contribution in [1.29, 1.82) is 0 Å². The van der Waals surface area contributed by atoms with Crippen LogP contribution in [0.1, 0.15) is 26.0 Å². The Morgan fingerprint density at radius 3 is 2.73 bits per heavy atom. The molecule has 0 bridgehead atoms. The number of benzene rings is 1. The number of carbonyl (C=O) groups is 2. The molecule has 0 saturated heterocycles. The Labute approximate surface area is 128 Å². The smallest absolute Gasteiger partial charge is 0.305 e. The maximum absolute atomic E-state index is 12.5. The highest BCUT2D eigenvalue weighted by Crippen LogP contribution is 2.19. The molecule has 0 aliphatic carbocycles. The molecule has 6 nitrogen and oxygen atoms in total. The van der Waals surface area contributed by atoms with Crippen LogP contribution in [0.5, 0.6) is 0 Å². The standard InChI is InChI=1S/C16H20N2O4/c1-11(2)10-18(8-7-16(20)21)15(19)9-13-12-5-3-4-6-14(12)22-17-13/h3-6,11H,7-10H2,1-2H3,(H,20,21). The fourth-order valence-corrected chi connectivity index (χ4v) is 2.31. The van der Waals surface area contributed by atoms with Crippen molar-refractivity contribution in [3.8, 4) is 0 Å². The zero-order chi connectivity index (χ0) is 16.1. The second-order valence-electron chi connectivity index (χ2n) is 5.68. The summed E-state index contributed by atoms with van der Waals surface area (Å²) >= 11 is 0. The van der Waals surface area contributed by atoms with Gasteiger partial charge >= 0.3 is 5.97 Å². The second-order valence-corrected chi connectivity index (χ2v) is 5.68. The van der Waals surface area contributed by atoms with Crippen LogP contribution >= 0.6 is 0 Å². The third kappa shape index (κ3) is 4.07. The molecule has 1 aromatic heterocycles. The van der Waals surface area contributed by atoms with Gasteiger partial charge in [-0.05, 0) is 18.1 Å². The fourth-order valence-electron chi connectivity index (χ4n) is 2.31. The number of rotatable bonds is 7. The molecule has 0 aliphatic rings. The minimum absolute atomic E-state index is 0.0575. The van der Waals surface area contributed by atoms with Gasteiger partial charge in [0, 0.05) is 18.5 Å². The molecule has 0 spiro atoms. The summed E-state index contributed by atoms with van der Waals surface area (Å²) in [6, 6.07) is 7.37. The van der Waals surface area contributed by atoms with Gasteiger partial charge in [0.05, 0.1) is 12.8 Å². The van der Waals surface area contributed by atoms with Gasteiger partial charge in [-0.25, -0.2) is 0 Å². The topological polar surface area (TPSA) is 83.6 Å². The number of carboxylic acids is 1. The number of carboxylic acid groups (broad SMARTS) is 1. The monoisotopic (exact) mass is 304 g/mol. The zero-order valence-electron chi connectivity index (χ0n) is 12.8. The minimum Gasteiger partial charge on any atom is -0.481 e. The molecule has 0 fully saturated rings. The Bertz CT molecular complexity index is 663. The summed E-state index contributed by atoms with van der Waals surface area (Å²) in [5.74, 6) is -0.769. The van der Waals surface area contributed by atoms with E-state index in [0.29, 0.717) is 17.8 Å². The predicted molar refractivity (Wildman–Crippen MR) is 81.4 cm³/mol. The van der Waals surface area contributed by atoms with Crippen molar-refractivity contribution < 1.29 is 19.2 Å². The van der Waals surface area contributed by atoms with E-state index < -0.39 is 5.97 Å². The van der Waals surface area contributed by atoms with Crippen molar-refractivity contribution in [2.75, 3.05) is 13.1 Å². The van der Waals surface area contributed by atoms with Crippen molar-refractivity contribution in [3.63, 3.8) is 0 Å². The SMILES string of the molecule is CC(C)CN(CCC(=O)O)C(=O)Cc1noc2ccccc12. The lowest BCUT2D eigenvalue weighted by atomic mass is 10.1. The molecule has 0 saturated carbocycles. The van der Waals surface area contributed by atoms with Gasteiger partial charge in [0.2, 0.25) is 5.91 Å². The number of hydrogen-bond acceptors (Lipinski definition) is 4. The zero-order valence-corrected chi connectivity index (χ0v) is 12.8. The maximum Gasteiger partial charge on any atom is 0.305 e. The predicted octanol–water partition coefficient (Wildman–Crippen LogP) is 2.33. The molecule has 0 atom stereocenters. The minimum atomic E-state index is -0.909. The molecular weight excluding hydrogens is 284 g/mol. The molecule has 2 aromatic rings. The Kier molecular flexibility index (Phi) is 5.14. The van der Waals surface area contributed by atoms with Gasteiger partial charge in [0.1, 0.15) is 5.69 Å². The van der Waals surface area contributed by atoms with Gasteiger partial charge in [-0.3, -0.25) is 9.59 Å². The first-order chi connectivity index (χ1) is 10.5. The van der Waals surface area contributed by atoms with E-state index in [1.54, 1.807) is 11.0 Å². The third-order valence-corrected chi connectivity index (χ3v) is 3.30. The quantitative estimate of drug-likeness (QED) is 0.848. The van der Waals surface area contributed by atoms with Crippen molar-refractivity contribution in [1.82, 2.24) is 10.1 Å². The Hall–Kier alpha value is -2.37. The average Bonchev–Trinajstić information content (AvgIpc) is 2.86. The normalized spacial score (nSPS) is 11.0. The van der Waals surface area contributed by atoms with Crippen LogP contribution in [-0.2, 0) is 16.0 Å². The lowest BCUT2D eigenvalue weighted by Crippen LogP contribution is -2.37. The Morgan fingerprint density at radius 2 is 2.05 bits per heavy atom. The number of carbonyl (C=O) groups excluding carboxylic acids is 1. The van der Waals surface area contributed by atoms with Crippen molar-refractivity contribution >= 4 is 22.8 Å². The first-order valence-corrected chi connectivity index (χ1v) is 7.30. The molecule has 22 heavy (non-hydrogen) atoms. The first kappa shape index (κ1) is 16.0. The molecule has 1 aromatic carbocycles. The van der Waals surface area contributed by atoms with Gasteiger partial charge in [-0.1, -0.05) is 31.1 Å². The fraction of sp³-hybridized carbons (Fsp3) is 0.438. The summed E-state index contributed by atoms with van der Waals surface area (Å²) < 4.78 is 5.19. The summed E-state index contributed by atoms with van der Waals surface area (Å²) in [6.45, 7) is 4.73. The van der Waals surface area contributed by atoms with Crippen LogP contribution in [0.15, 0.2) is 28.8 Å². The van der Waals surface area contributed by atoms with E-state index in [0.717, 1.165) is 5.39 Å². The lowest BCUT2D eigenvalue weighted by Gasteiger charge is -2.23. The number of fused-ring (bicyclic) bond motifs is 1. The van der Waals surface area contributed by atoms with Crippen LogP contribution in [0, 0.1) is 5.92 Å². The number of hydrogen-bond donors (Lipinski definition) is 1. The van der Waals surface area contributed by atoms with E-state index in [1.807, 2.05) is 32.0 Å².